The highest BCUT2D eigenvalue weighted by molar-refractivity contribution is 8.00. The van der Waals surface area contributed by atoms with Crippen molar-refractivity contribution in [3.8, 4) is 0 Å². The van der Waals surface area contributed by atoms with Crippen molar-refractivity contribution < 1.29 is 9.90 Å². The second kappa shape index (κ2) is 4.96. The third-order valence-electron chi connectivity index (χ3n) is 2.97. The lowest BCUT2D eigenvalue weighted by Crippen LogP contribution is -2.28. The van der Waals surface area contributed by atoms with Gasteiger partial charge in [-0.25, -0.2) is 9.78 Å². The molecule has 1 aliphatic rings. The second-order valence-electron chi connectivity index (χ2n) is 4.46. The summed E-state index contributed by atoms with van der Waals surface area (Å²) in [5, 5.41) is 12.2. The van der Waals surface area contributed by atoms with Crippen molar-refractivity contribution >= 4 is 23.5 Å². The fraction of sp³-hybridized carbons (Fsp3) is 0.500. The highest BCUT2D eigenvalue weighted by Crippen LogP contribution is 2.37. The van der Waals surface area contributed by atoms with Crippen LogP contribution in [0.4, 0.5) is 5.82 Å². The molecule has 2 heterocycles. The Kier molecular flexibility index (Phi) is 3.57. The van der Waals surface area contributed by atoms with Crippen LogP contribution in [0.1, 0.15) is 30.1 Å². The van der Waals surface area contributed by atoms with Crippen LogP contribution in [0.5, 0.6) is 0 Å². The van der Waals surface area contributed by atoms with Gasteiger partial charge < -0.3 is 10.4 Å². The number of pyridine rings is 1. The quantitative estimate of drug-likeness (QED) is 0.862. The molecule has 1 aromatic heterocycles. The normalized spacial score (nSPS) is 23.6. The van der Waals surface area contributed by atoms with E-state index in [-0.39, 0.29) is 10.3 Å². The fourth-order valence-electron chi connectivity index (χ4n) is 1.97. The Labute approximate surface area is 105 Å². The van der Waals surface area contributed by atoms with Crippen molar-refractivity contribution in [2.24, 2.45) is 0 Å². The van der Waals surface area contributed by atoms with Gasteiger partial charge in [0.05, 0.1) is 0 Å². The lowest BCUT2D eigenvalue weighted by Gasteiger charge is -2.23. The molecule has 2 rings (SSSR count). The van der Waals surface area contributed by atoms with Gasteiger partial charge in [-0.15, -0.1) is 0 Å². The minimum absolute atomic E-state index is 0.202. The van der Waals surface area contributed by atoms with E-state index in [9.17, 15) is 4.79 Å². The van der Waals surface area contributed by atoms with Gasteiger partial charge in [0.25, 0.3) is 0 Å². The molecule has 0 bridgehead atoms. The van der Waals surface area contributed by atoms with Gasteiger partial charge in [-0.3, -0.25) is 0 Å². The lowest BCUT2D eigenvalue weighted by atomic mass is 10.1. The van der Waals surface area contributed by atoms with Gasteiger partial charge >= 0.3 is 5.97 Å². The van der Waals surface area contributed by atoms with Crippen molar-refractivity contribution in [2.45, 2.75) is 24.5 Å². The van der Waals surface area contributed by atoms with Gasteiger partial charge in [0.2, 0.25) is 0 Å². The maximum atomic E-state index is 11.0. The Bertz CT molecular complexity index is 417. The number of hydrogen-bond donors (Lipinski definition) is 2. The topological polar surface area (TPSA) is 62.2 Å². The Morgan fingerprint density at radius 2 is 2.53 bits per heavy atom. The number of anilines is 1. The molecule has 0 aliphatic carbocycles. The van der Waals surface area contributed by atoms with E-state index in [4.69, 9.17) is 5.11 Å². The molecule has 1 saturated heterocycles. The van der Waals surface area contributed by atoms with Gasteiger partial charge in [0.15, 0.2) is 0 Å². The van der Waals surface area contributed by atoms with Crippen LogP contribution in [0, 0.1) is 0 Å². The van der Waals surface area contributed by atoms with Crippen molar-refractivity contribution in [2.75, 3.05) is 17.6 Å². The van der Waals surface area contributed by atoms with E-state index >= 15 is 0 Å². The summed E-state index contributed by atoms with van der Waals surface area (Å²) >= 11 is 1.94. The van der Waals surface area contributed by atoms with E-state index in [1.54, 1.807) is 18.3 Å². The van der Waals surface area contributed by atoms with E-state index in [1.807, 2.05) is 11.8 Å². The Balaban J connectivity index is 2.06. The van der Waals surface area contributed by atoms with Gasteiger partial charge in [0, 0.05) is 17.5 Å². The summed E-state index contributed by atoms with van der Waals surface area (Å²) in [7, 11) is 0. The number of carbonyl (C=O) groups is 1. The maximum absolute atomic E-state index is 11.0. The van der Waals surface area contributed by atoms with Crippen LogP contribution >= 0.6 is 11.8 Å². The van der Waals surface area contributed by atoms with Gasteiger partial charge in [-0.2, -0.15) is 11.8 Å². The third kappa shape index (κ3) is 2.91. The molecule has 0 radical (unpaired) electrons. The first-order valence-electron chi connectivity index (χ1n) is 5.67. The minimum Gasteiger partial charge on any atom is -0.478 e. The largest absolute Gasteiger partial charge is 0.478 e. The highest BCUT2D eigenvalue weighted by atomic mass is 32.2. The summed E-state index contributed by atoms with van der Waals surface area (Å²) in [6.07, 6.45) is 4.01. The van der Waals surface area contributed by atoms with Crippen LogP contribution in [-0.2, 0) is 0 Å². The number of aromatic nitrogens is 1. The standard InChI is InChI=1S/C12H16N2O2S/c1-12(5-3-7-17-12)8-14-10-9(11(15)16)4-2-6-13-10/h2,4,6H,3,5,7-8H2,1H3,(H,13,14)(H,15,16). The summed E-state index contributed by atoms with van der Waals surface area (Å²) in [6, 6.07) is 3.21. The van der Waals surface area contributed by atoms with Gasteiger partial charge in [-0.1, -0.05) is 0 Å². The molecule has 4 nitrogen and oxygen atoms in total. The zero-order valence-electron chi connectivity index (χ0n) is 9.77. The molecule has 1 aliphatic heterocycles. The molecule has 1 atom stereocenters. The molecule has 1 unspecified atom stereocenters. The molecule has 17 heavy (non-hydrogen) atoms. The van der Waals surface area contributed by atoms with Crippen LogP contribution in [0.25, 0.3) is 0 Å². The number of nitrogens with zero attached hydrogens (tertiary/aromatic N) is 1. The number of rotatable bonds is 4. The molecular weight excluding hydrogens is 236 g/mol. The maximum Gasteiger partial charge on any atom is 0.339 e. The van der Waals surface area contributed by atoms with Crippen molar-refractivity contribution in [3.05, 3.63) is 23.9 Å². The van der Waals surface area contributed by atoms with E-state index in [2.05, 4.69) is 17.2 Å². The minimum atomic E-state index is -0.940. The van der Waals surface area contributed by atoms with Crippen LogP contribution in [0.15, 0.2) is 18.3 Å². The zero-order valence-corrected chi connectivity index (χ0v) is 10.6. The Morgan fingerprint density at radius 3 is 3.18 bits per heavy atom. The van der Waals surface area contributed by atoms with Crippen LogP contribution in [-0.4, -0.2) is 33.1 Å². The average Bonchev–Trinajstić information content (AvgIpc) is 2.74. The zero-order chi connectivity index (χ0) is 12.3. The number of thioether (sulfide) groups is 1. The predicted octanol–water partition coefficient (Wildman–Crippen LogP) is 2.48. The predicted molar refractivity (Wildman–Crippen MR) is 69.8 cm³/mol. The van der Waals surface area contributed by atoms with Gasteiger partial charge in [0.1, 0.15) is 11.4 Å². The van der Waals surface area contributed by atoms with E-state index < -0.39 is 5.97 Å². The van der Waals surface area contributed by atoms with Crippen molar-refractivity contribution in [1.29, 1.82) is 0 Å². The smallest absolute Gasteiger partial charge is 0.339 e. The van der Waals surface area contributed by atoms with Crippen molar-refractivity contribution in [1.82, 2.24) is 4.98 Å². The van der Waals surface area contributed by atoms with E-state index in [1.165, 1.54) is 18.6 Å². The molecule has 0 amide bonds. The summed E-state index contributed by atoms with van der Waals surface area (Å²) < 4.78 is 0.202. The van der Waals surface area contributed by atoms with E-state index in [0.29, 0.717) is 5.82 Å². The average molecular weight is 252 g/mol. The lowest BCUT2D eigenvalue weighted by molar-refractivity contribution is 0.0697. The molecule has 0 saturated carbocycles. The Morgan fingerprint density at radius 1 is 1.71 bits per heavy atom. The monoisotopic (exact) mass is 252 g/mol. The molecule has 1 fully saturated rings. The summed E-state index contributed by atoms with van der Waals surface area (Å²) in [5.41, 5.74) is 0.235. The molecule has 5 heteroatoms. The number of carboxylic acid groups (broad SMARTS) is 1. The third-order valence-corrected chi connectivity index (χ3v) is 4.51. The number of carboxylic acids is 1. The Hall–Kier alpha value is -1.23. The highest BCUT2D eigenvalue weighted by Gasteiger charge is 2.29. The van der Waals surface area contributed by atoms with Crippen LogP contribution in [0.3, 0.4) is 0 Å². The molecule has 0 spiro atoms. The van der Waals surface area contributed by atoms with Gasteiger partial charge in [-0.05, 0) is 37.7 Å². The summed E-state index contributed by atoms with van der Waals surface area (Å²) in [5.74, 6) is 0.713. The fourth-order valence-corrected chi connectivity index (χ4v) is 3.21. The molecule has 1 aromatic rings. The number of aromatic carboxylic acids is 1. The first-order valence-corrected chi connectivity index (χ1v) is 6.65. The first kappa shape index (κ1) is 12.2. The number of nitrogens with one attached hydrogen (secondary N) is 1. The molecule has 2 N–H and O–H groups in total. The summed E-state index contributed by atoms with van der Waals surface area (Å²) in [4.78, 5) is 15.1. The van der Waals surface area contributed by atoms with Crippen LogP contribution < -0.4 is 5.32 Å². The number of hydrogen-bond acceptors (Lipinski definition) is 4. The first-order chi connectivity index (χ1) is 8.11. The summed E-state index contributed by atoms with van der Waals surface area (Å²) in [6.45, 7) is 2.97. The second-order valence-corrected chi connectivity index (χ2v) is 6.14. The van der Waals surface area contributed by atoms with E-state index in [0.717, 1.165) is 6.54 Å². The van der Waals surface area contributed by atoms with Crippen molar-refractivity contribution in [3.63, 3.8) is 0 Å². The van der Waals surface area contributed by atoms with Crippen LogP contribution in [0.2, 0.25) is 0 Å². The molecule has 0 aromatic carbocycles. The SMILES string of the molecule is CC1(CNc2ncccc2C(=O)O)CCCS1. The molecular formula is C12H16N2O2S. The molecule has 92 valence electrons.